The van der Waals surface area contributed by atoms with Gasteiger partial charge < -0.3 is 0 Å². The van der Waals surface area contributed by atoms with Crippen LogP contribution in [0.25, 0.3) is 0 Å². The maximum absolute atomic E-state index is 8.12. The molecule has 0 atom stereocenters. The normalized spacial score (nSPS) is 6.00. The molecule has 0 N–H and O–H groups in total. The van der Waals surface area contributed by atoms with E-state index in [1.807, 2.05) is 13.0 Å². The predicted octanol–water partition coefficient (Wildman–Crippen LogP) is 1.71. The van der Waals surface area contributed by atoms with Crippen LogP contribution in [-0.2, 0) is 0 Å². The van der Waals surface area contributed by atoms with Crippen LogP contribution < -0.4 is 0 Å². The molecule has 0 heterocycles. The Balaban J connectivity index is 3.42. The van der Waals surface area contributed by atoms with E-state index >= 15 is 0 Å². The molecule has 0 radical (unpaired) electrons. The number of nitriles is 1. The lowest BCUT2D eigenvalue weighted by Crippen LogP contribution is -1.62. The summed E-state index contributed by atoms with van der Waals surface area (Å²) in [5.74, 6) is 10.9. The molecule has 0 aromatic carbocycles. The van der Waals surface area contributed by atoms with Gasteiger partial charge in [0.15, 0.2) is 0 Å². The fraction of sp³-hybridized carbons (Fsp3) is 0.444. The van der Waals surface area contributed by atoms with E-state index in [9.17, 15) is 0 Å². The van der Waals surface area contributed by atoms with Gasteiger partial charge in [0.1, 0.15) is 0 Å². The lowest BCUT2D eigenvalue weighted by atomic mass is 10.3. The standard InChI is InChI=1S/C9H9N/c1-2-3-4-5-6-7-8-9-10/h2,7-8H2,1H3. The van der Waals surface area contributed by atoms with Gasteiger partial charge in [-0.15, -0.1) is 0 Å². The van der Waals surface area contributed by atoms with Gasteiger partial charge in [-0.1, -0.05) is 18.8 Å². The summed E-state index contributed by atoms with van der Waals surface area (Å²) in [6, 6.07) is 2.01. The molecule has 0 fully saturated rings. The molecule has 1 heteroatoms. The van der Waals surface area contributed by atoms with E-state index in [0.717, 1.165) is 6.42 Å². The van der Waals surface area contributed by atoms with Crippen molar-refractivity contribution >= 4 is 0 Å². The average Bonchev–Trinajstić information content (AvgIpc) is 1.97. The van der Waals surface area contributed by atoms with Crippen LogP contribution in [0.4, 0.5) is 0 Å². The average molecular weight is 131 g/mol. The molecule has 50 valence electrons. The first kappa shape index (κ1) is 8.61. The minimum Gasteiger partial charge on any atom is -0.198 e. The van der Waals surface area contributed by atoms with Gasteiger partial charge in [-0.2, -0.15) is 5.26 Å². The molecule has 0 unspecified atom stereocenters. The van der Waals surface area contributed by atoms with Gasteiger partial charge in [-0.05, 0) is 11.8 Å². The predicted molar refractivity (Wildman–Crippen MR) is 40.7 cm³/mol. The molecule has 0 saturated heterocycles. The second kappa shape index (κ2) is 7.61. The van der Waals surface area contributed by atoms with E-state index < -0.39 is 0 Å². The minimum atomic E-state index is 0.501. The number of rotatable bonds is 1. The van der Waals surface area contributed by atoms with Crippen LogP contribution in [0.3, 0.4) is 0 Å². The highest BCUT2D eigenvalue weighted by molar-refractivity contribution is 5.25. The van der Waals surface area contributed by atoms with Crippen molar-refractivity contribution in [1.29, 1.82) is 5.26 Å². The molecule has 0 aromatic heterocycles. The SMILES string of the molecule is CCC#CC#CCCC#N. The van der Waals surface area contributed by atoms with Crippen molar-refractivity contribution in [2.45, 2.75) is 26.2 Å². The van der Waals surface area contributed by atoms with E-state index in [-0.39, 0.29) is 0 Å². The van der Waals surface area contributed by atoms with Crippen molar-refractivity contribution in [1.82, 2.24) is 0 Å². The minimum absolute atomic E-state index is 0.501. The van der Waals surface area contributed by atoms with Crippen LogP contribution in [0.2, 0.25) is 0 Å². The molecule has 0 spiro atoms. The van der Waals surface area contributed by atoms with Gasteiger partial charge >= 0.3 is 0 Å². The van der Waals surface area contributed by atoms with E-state index in [4.69, 9.17) is 5.26 Å². The Labute approximate surface area is 62.0 Å². The molecule has 0 aliphatic carbocycles. The number of hydrogen-bond donors (Lipinski definition) is 0. The summed E-state index contributed by atoms with van der Waals surface area (Å²) in [5.41, 5.74) is 0. The number of unbranched alkanes of at least 4 members (excludes halogenated alkanes) is 1. The Kier molecular flexibility index (Phi) is 6.55. The summed E-state index contributed by atoms with van der Waals surface area (Å²) in [5, 5.41) is 8.12. The summed E-state index contributed by atoms with van der Waals surface area (Å²) >= 11 is 0. The Hall–Kier alpha value is -1.39. The maximum Gasteiger partial charge on any atom is 0.0631 e. The molecule has 1 nitrogen and oxygen atoms in total. The molecule has 0 rings (SSSR count). The molecule has 0 bridgehead atoms. The fourth-order valence-electron chi connectivity index (χ4n) is 0.358. The van der Waals surface area contributed by atoms with E-state index in [1.165, 1.54) is 0 Å². The van der Waals surface area contributed by atoms with Crippen molar-refractivity contribution < 1.29 is 0 Å². The largest absolute Gasteiger partial charge is 0.198 e. The first-order chi connectivity index (χ1) is 4.91. The number of nitrogens with zero attached hydrogens (tertiary/aromatic N) is 1. The molecular weight excluding hydrogens is 122 g/mol. The molecule has 10 heavy (non-hydrogen) atoms. The van der Waals surface area contributed by atoms with Crippen molar-refractivity contribution in [2.75, 3.05) is 0 Å². The highest BCUT2D eigenvalue weighted by Crippen LogP contribution is 1.80. The van der Waals surface area contributed by atoms with Crippen LogP contribution >= 0.6 is 0 Å². The third-order valence-electron chi connectivity index (χ3n) is 0.778. The molecule has 0 saturated carbocycles. The quantitative estimate of drug-likeness (QED) is 0.392. The second-order valence-corrected chi connectivity index (χ2v) is 1.62. The van der Waals surface area contributed by atoms with Gasteiger partial charge in [0, 0.05) is 19.3 Å². The van der Waals surface area contributed by atoms with Crippen LogP contribution in [0.15, 0.2) is 0 Å². The first-order valence-electron chi connectivity index (χ1n) is 3.24. The topological polar surface area (TPSA) is 23.8 Å². The van der Waals surface area contributed by atoms with Crippen LogP contribution in [-0.4, -0.2) is 0 Å². The van der Waals surface area contributed by atoms with Crippen LogP contribution in [0, 0.1) is 35.0 Å². The molecule has 0 amide bonds. The zero-order valence-corrected chi connectivity index (χ0v) is 6.07. The van der Waals surface area contributed by atoms with Gasteiger partial charge in [0.25, 0.3) is 0 Å². The van der Waals surface area contributed by atoms with Crippen molar-refractivity contribution in [2.24, 2.45) is 0 Å². The van der Waals surface area contributed by atoms with E-state index in [0.29, 0.717) is 12.8 Å². The summed E-state index contributed by atoms with van der Waals surface area (Å²) in [7, 11) is 0. The summed E-state index contributed by atoms with van der Waals surface area (Å²) < 4.78 is 0. The monoisotopic (exact) mass is 131 g/mol. The highest BCUT2D eigenvalue weighted by atomic mass is 14.2. The van der Waals surface area contributed by atoms with Gasteiger partial charge in [0.05, 0.1) is 6.07 Å². The van der Waals surface area contributed by atoms with Crippen molar-refractivity contribution in [3.05, 3.63) is 0 Å². The smallest absolute Gasteiger partial charge is 0.0631 e. The van der Waals surface area contributed by atoms with Crippen LogP contribution in [0.5, 0.6) is 0 Å². The third-order valence-corrected chi connectivity index (χ3v) is 0.778. The zero-order chi connectivity index (χ0) is 7.66. The lowest BCUT2D eigenvalue weighted by molar-refractivity contribution is 1.09. The molecule has 0 aliphatic rings. The van der Waals surface area contributed by atoms with Gasteiger partial charge in [0.2, 0.25) is 0 Å². The van der Waals surface area contributed by atoms with Crippen molar-refractivity contribution in [3.8, 4) is 29.8 Å². The van der Waals surface area contributed by atoms with Gasteiger partial charge in [-0.3, -0.25) is 0 Å². The zero-order valence-electron chi connectivity index (χ0n) is 6.07. The molecular formula is C9H9N. The summed E-state index contributed by atoms with van der Waals surface area (Å²) in [6.45, 7) is 1.98. The lowest BCUT2D eigenvalue weighted by Gasteiger charge is -1.70. The number of hydrogen-bond acceptors (Lipinski definition) is 1. The van der Waals surface area contributed by atoms with Crippen molar-refractivity contribution in [3.63, 3.8) is 0 Å². The fourth-order valence-corrected chi connectivity index (χ4v) is 0.358. The maximum atomic E-state index is 8.12. The van der Waals surface area contributed by atoms with Crippen LogP contribution in [0.1, 0.15) is 26.2 Å². The Morgan fingerprint density at radius 2 is 1.80 bits per heavy atom. The summed E-state index contributed by atoms with van der Waals surface area (Å²) in [6.07, 6.45) is 1.97. The van der Waals surface area contributed by atoms with E-state index in [2.05, 4.69) is 23.7 Å². The molecule has 0 aliphatic heterocycles. The Morgan fingerprint density at radius 1 is 1.10 bits per heavy atom. The molecule has 0 aromatic rings. The first-order valence-corrected chi connectivity index (χ1v) is 3.24. The highest BCUT2D eigenvalue weighted by Gasteiger charge is 1.72. The van der Waals surface area contributed by atoms with Gasteiger partial charge in [-0.25, -0.2) is 0 Å². The Morgan fingerprint density at radius 3 is 2.40 bits per heavy atom. The van der Waals surface area contributed by atoms with E-state index in [1.54, 1.807) is 0 Å². The third kappa shape index (κ3) is 6.61. The second-order valence-electron chi connectivity index (χ2n) is 1.62. The summed E-state index contributed by atoms with van der Waals surface area (Å²) in [4.78, 5) is 0. The Bertz CT molecular complexity index is 223.